The summed E-state index contributed by atoms with van der Waals surface area (Å²) in [6, 6.07) is 13.7. The number of carbonyl (C=O) groups excluding carboxylic acids is 3. The van der Waals surface area contributed by atoms with Crippen LogP contribution >= 0.6 is 0 Å². The van der Waals surface area contributed by atoms with Crippen LogP contribution in [0.25, 0.3) is 0 Å². The van der Waals surface area contributed by atoms with Crippen LogP contribution in [0.2, 0.25) is 0 Å². The topological polar surface area (TPSA) is 197 Å². The number of ether oxygens (including phenoxy) is 1. The SMILES string of the molecule is CCCCCCCCNC(=O)N1CCC(S(=O)(=O)c2ccc(CCN)cc2)CC1.CCCCCCCCNC(=O)N1CCC(S(=O)(=O)c2ccc(CCNC(=O)OC(C)(C)C)cc2)CC1. The number of alkyl carbamates (subject to hydrolysis) is 1. The van der Waals surface area contributed by atoms with Crippen molar-refractivity contribution in [2.45, 2.75) is 176 Å². The summed E-state index contributed by atoms with van der Waals surface area (Å²) in [5.74, 6) is 0. The lowest BCUT2D eigenvalue weighted by Gasteiger charge is -2.31. The van der Waals surface area contributed by atoms with Gasteiger partial charge in [0.2, 0.25) is 0 Å². The highest BCUT2D eigenvalue weighted by molar-refractivity contribution is 7.92. The fourth-order valence-electron chi connectivity index (χ4n) is 8.03. The van der Waals surface area contributed by atoms with Crippen LogP contribution in [-0.2, 0) is 37.3 Å². The number of likely N-dealkylation sites (tertiary alicyclic amines) is 2. The summed E-state index contributed by atoms with van der Waals surface area (Å²) in [4.78, 5) is 40.6. The Hall–Kier alpha value is -3.89. The number of amides is 5. The molecule has 5 N–H and O–H groups in total. The molecule has 0 bridgehead atoms. The molecule has 0 saturated carbocycles. The summed E-state index contributed by atoms with van der Waals surface area (Å²) in [5.41, 5.74) is 6.97. The van der Waals surface area contributed by atoms with Gasteiger partial charge in [0.25, 0.3) is 0 Å². The van der Waals surface area contributed by atoms with E-state index in [1.807, 2.05) is 32.9 Å². The highest BCUT2D eigenvalue weighted by Crippen LogP contribution is 2.27. The summed E-state index contributed by atoms with van der Waals surface area (Å²) in [6.07, 6.45) is 16.9. The van der Waals surface area contributed by atoms with Gasteiger partial charge in [0.15, 0.2) is 19.7 Å². The Bertz CT molecular complexity index is 1910. The van der Waals surface area contributed by atoms with Crippen molar-refractivity contribution >= 4 is 37.8 Å². The van der Waals surface area contributed by atoms with Gasteiger partial charge in [-0.3, -0.25) is 0 Å². The standard InChI is InChI=1S/C27H45N3O5S.C22H37N3O3S/c1-5-6-7-8-9-10-18-28-25(31)30-20-16-24(17-21-30)36(33,34)23-13-11-22(12-14-23)15-19-29-26(32)35-27(2,3)4;1-2-3-4-5-6-7-16-24-22(26)25-17-13-21(14-18-25)29(27,28)20-10-8-19(9-11-20)12-15-23/h11-14,24H,5-10,15-21H2,1-4H3,(H,28,31)(H,29,32);8-11,21H,2-7,12-18,23H2,1H3,(H,24,26). The molecule has 2 heterocycles. The summed E-state index contributed by atoms with van der Waals surface area (Å²) < 4.78 is 57.3. The first-order valence-electron chi connectivity index (χ1n) is 24.4. The minimum Gasteiger partial charge on any atom is -0.444 e. The second kappa shape index (κ2) is 29.0. The average Bonchev–Trinajstić information content (AvgIpc) is 3.28. The molecule has 2 saturated heterocycles. The largest absolute Gasteiger partial charge is 0.444 e. The van der Waals surface area contributed by atoms with E-state index in [1.54, 1.807) is 46.2 Å². The monoisotopic (exact) mass is 947 g/mol. The number of carbonyl (C=O) groups is 3. The number of piperidine rings is 2. The summed E-state index contributed by atoms with van der Waals surface area (Å²) in [6.45, 7) is 14.0. The van der Waals surface area contributed by atoms with Crippen LogP contribution in [0.5, 0.6) is 0 Å². The molecule has 2 aromatic carbocycles. The number of urea groups is 2. The Labute approximate surface area is 391 Å². The van der Waals surface area contributed by atoms with E-state index in [0.29, 0.717) is 94.3 Å². The van der Waals surface area contributed by atoms with Crippen molar-refractivity contribution in [1.82, 2.24) is 25.8 Å². The van der Waals surface area contributed by atoms with E-state index < -0.39 is 41.9 Å². The molecular weight excluding hydrogens is 865 g/mol. The molecular formula is C49H82N6O8S2. The van der Waals surface area contributed by atoms with E-state index >= 15 is 0 Å². The highest BCUT2D eigenvalue weighted by Gasteiger charge is 2.34. The Kier molecular flexibility index (Phi) is 24.7. The van der Waals surface area contributed by atoms with Crippen molar-refractivity contribution in [2.24, 2.45) is 5.73 Å². The molecule has 2 aliphatic rings. The van der Waals surface area contributed by atoms with Gasteiger partial charge in [0, 0.05) is 45.8 Å². The number of nitrogens with one attached hydrogen (secondary N) is 3. The van der Waals surface area contributed by atoms with Crippen molar-refractivity contribution in [3.8, 4) is 0 Å². The predicted octanol–water partition coefficient (Wildman–Crippen LogP) is 8.56. The fourth-order valence-corrected chi connectivity index (χ4v) is 11.5. The lowest BCUT2D eigenvalue weighted by Crippen LogP contribution is -2.47. The third-order valence-corrected chi connectivity index (χ3v) is 16.5. The van der Waals surface area contributed by atoms with Crippen LogP contribution in [0.15, 0.2) is 58.3 Å². The van der Waals surface area contributed by atoms with Crippen LogP contribution in [0.3, 0.4) is 0 Å². The van der Waals surface area contributed by atoms with Crippen molar-refractivity contribution < 1.29 is 36.0 Å². The maximum absolute atomic E-state index is 13.1. The van der Waals surface area contributed by atoms with Gasteiger partial charge in [0.1, 0.15) is 5.60 Å². The van der Waals surface area contributed by atoms with Gasteiger partial charge < -0.3 is 36.2 Å². The second-order valence-corrected chi connectivity index (χ2v) is 22.9. The third kappa shape index (κ3) is 20.3. The molecule has 2 aliphatic heterocycles. The second-order valence-electron chi connectivity index (χ2n) is 18.5. The lowest BCUT2D eigenvalue weighted by atomic mass is 10.1. The molecule has 65 heavy (non-hydrogen) atoms. The molecule has 14 nitrogen and oxygen atoms in total. The Morgan fingerprint density at radius 2 is 0.938 bits per heavy atom. The molecule has 0 radical (unpaired) electrons. The number of hydrogen-bond donors (Lipinski definition) is 4. The number of unbranched alkanes of at least 4 members (excludes halogenated alkanes) is 10. The molecule has 368 valence electrons. The van der Waals surface area contributed by atoms with E-state index in [4.69, 9.17) is 10.5 Å². The minimum atomic E-state index is -3.46. The van der Waals surface area contributed by atoms with Crippen LogP contribution in [0, 0.1) is 0 Å². The van der Waals surface area contributed by atoms with Crippen molar-refractivity contribution in [1.29, 1.82) is 0 Å². The number of nitrogens with zero attached hydrogens (tertiary/aromatic N) is 2. The number of hydrogen-bond acceptors (Lipinski definition) is 9. The first-order valence-corrected chi connectivity index (χ1v) is 27.5. The first-order chi connectivity index (χ1) is 31.0. The molecule has 2 aromatic rings. The van der Waals surface area contributed by atoms with E-state index in [9.17, 15) is 31.2 Å². The average molecular weight is 947 g/mol. The van der Waals surface area contributed by atoms with Gasteiger partial charge in [-0.05, 0) is 114 Å². The zero-order valence-electron chi connectivity index (χ0n) is 40.2. The molecule has 5 amide bonds. The number of rotatable bonds is 23. The Balaban J connectivity index is 0.000000353. The molecule has 0 unspecified atom stereocenters. The number of nitrogens with two attached hydrogens (primary N) is 1. The van der Waals surface area contributed by atoms with Gasteiger partial charge in [-0.15, -0.1) is 0 Å². The normalized spacial score (nSPS) is 15.2. The van der Waals surface area contributed by atoms with Crippen molar-refractivity contribution in [2.75, 3.05) is 52.4 Å². The van der Waals surface area contributed by atoms with Crippen molar-refractivity contribution in [3.05, 3.63) is 59.7 Å². The van der Waals surface area contributed by atoms with E-state index in [1.165, 1.54) is 51.4 Å². The molecule has 0 spiro atoms. The lowest BCUT2D eigenvalue weighted by molar-refractivity contribution is 0.0528. The zero-order valence-corrected chi connectivity index (χ0v) is 41.8. The van der Waals surface area contributed by atoms with Gasteiger partial charge in [-0.2, -0.15) is 0 Å². The summed E-state index contributed by atoms with van der Waals surface area (Å²) >= 11 is 0. The van der Waals surface area contributed by atoms with Gasteiger partial charge >= 0.3 is 18.2 Å². The molecule has 2 fully saturated rings. The van der Waals surface area contributed by atoms with E-state index in [2.05, 4.69) is 29.8 Å². The minimum absolute atomic E-state index is 0.0689. The molecule has 16 heteroatoms. The maximum atomic E-state index is 13.1. The maximum Gasteiger partial charge on any atom is 0.407 e. The first kappa shape index (κ1) is 55.4. The van der Waals surface area contributed by atoms with E-state index in [0.717, 1.165) is 43.2 Å². The highest BCUT2D eigenvalue weighted by atomic mass is 32.2. The van der Waals surface area contributed by atoms with Crippen LogP contribution in [0.1, 0.15) is 148 Å². The fraction of sp³-hybridized carbons (Fsp3) is 0.694. The quantitative estimate of drug-likeness (QED) is 0.0789. The molecule has 0 aliphatic carbocycles. The molecule has 4 rings (SSSR count). The van der Waals surface area contributed by atoms with Gasteiger partial charge in [0.05, 0.1) is 20.3 Å². The van der Waals surface area contributed by atoms with Crippen molar-refractivity contribution in [3.63, 3.8) is 0 Å². The number of benzene rings is 2. The molecule has 0 aromatic heterocycles. The van der Waals surface area contributed by atoms with Crippen LogP contribution in [0.4, 0.5) is 14.4 Å². The van der Waals surface area contributed by atoms with Crippen LogP contribution < -0.4 is 21.7 Å². The number of sulfone groups is 2. The Morgan fingerprint density at radius 1 is 0.569 bits per heavy atom. The Morgan fingerprint density at radius 3 is 1.31 bits per heavy atom. The smallest absolute Gasteiger partial charge is 0.407 e. The van der Waals surface area contributed by atoms with Gasteiger partial charge in [-0.25, -0.2) is 31.2 Å². The van der Waals surface area contributed by atoms with Gasteiger partial charge in [-0.1, -0.05) is 102 Å². The summed E-state index contributed by atoms with van der Waals surface area (Å²) in [5, 5.41) is 7.74. The molecule has 0 atom stereocenters. The summed E-state index contributed by atoms with van der Waals surface area (Å²) in [7, 11) is -6.83. The zero-order chi connectivity index (χ0) is 47.7. The van der Waals surface area contributed by atoms with Crippen LogP contribution in [-0.4, -0.2) is 113 Å². The van der Waals surface area contributed by atoms with E-state index in [-0.39, 0.29) is 12.1 Å². The predicted molar refractivity (Wildman–Crippen MR) is 261 cm³/mol. The third-order valence-electron chi connectivity index (χ3n) is 12.0.